The van der Waals surface area contributed by atoms with Gasteiger partial charge in [-0.05, 0) is 103 Å². The summed E-state index contributed by atoms with van der Waals surface area (Å²) in [5.41, 5.74) is 23.4. The van der Waals surface area contributed by atoms with E-state index >= 15 is 0 Å². The summed E-state index contributed by atoms with van der Waals surface area (Å²) in [7, 11) is 0. The number of nitrogens with zero attached hydrogens (tertiary/aromatic N) is 2. The summed E-state index contributed by atoms with van der Waals surface area (Å²) in [5.74, 6) is 3.59. The minimum atomic E-state index is -0.0346. The van der Waals surface area contributed by atoms with Crippen molar-refractivity contribution in [2.24, 2.45) is 0 Å². The average Bonchev–Trinajstić information content (AvgIpc) is 3.34. The fourth-order valence-corrected chi connectivity index (χ4v) is 15.4. The van der Waals surface area contributed by atoms with Crippen LogP contribution in [0.2, 0.25) is 0 Å². The van der Waals surface area contributed by atoms with Crippen molar-refractivity contribution in [3.8, 4) is 23.0 Å². The maximum Gasteiger partial charge on any atom is 0.256 e. The number of para-hydroxylation sites is 5. The summed E-state index contributed by atoms with van der Waals surface area (Å²) in [6, 6.07) is 63.7. The van der Waals surface area contributed by atoms with Crippen molar-refractivity contribution < 1.29 is 9.47 Å². The molecule has 0 saturated heterocycles. The van der Waals surface area contributed by atoms with Crippen molar-refractivity contribution in [1.82, 2.24) is 0 Å². The Kier molecular flexibility index (Phi) is 6.12. The Morgan fingerprint density at radius 1 is 0.297 bits per heavy atom. The highest BCUT2D eigenvalue weighted by Crippen LogP contribution is 2.49. The van der Waals surface area contributed by atoms with Crippen LogP contribution < -0.4 is 84.8 Å². The molecule has 0 saturated carbocycles. The van der Waals surface area contributed by atoms with E-state index in [-0.39, 0.29) is 26.9 Å². The molecule has 0 aliphatic carbocycles. The molecule has 8 heterocycles. The van der Waals surface area contributed by atoms with Gasteiger partial charge in [-0.15, -0.1) is 0 Å². The van der Waals surface area contributed by atoms with Crippen LogP contribution in [0.15, 0.2) is 189 Å². The minimum Gasteiger partial charge on any atom is -0.458 e. The van der Waals surface area contributed by atoms with Crippen LogP contribution in [0.1, 0.15) is 0 Å². The Morgan fingerprint density at radius 2 is 0.734 bits per heavy atom. The van der Waals surface area contributed by atoms with Crippen LogP contribution in [-0.2, 0) is 0 Å². The minimum absolute atomic E-state index is 0.0346. The highest BCUT2D eigenvalue weighted by molar-refractivity contribution is 8.01. The maximum absolute atomic E-state index is 7.30. The lowest BCUT2D eigenvalue weighted by molar-refractivity contribution is 0.465. The molecule has 0 bridgehead atoms. The van der Waals surface area contributed by atoms with Crippen LogP contribution in [0.5, 0.6) is 23.0 Å². The van der Waals surface area contributed by atoms with Crippen LogP contribution >= 0.6 is 23.5 Å². The van der Waals surface area contributed by atoms with Crippen molar-refractivity contribution >= 4 is 150 Å². The number of rotatable bonds is 0. The summed E-state index contributed by atoms with van der Waals surface area (Å²) in [4.78, 5) is 10.4. The zero-order chi connectivity index (χ0) is 41.1. The van der Waals surface area contributed by atoms with Crippen LogP contribution in [0.3, 0.4) is 0 Å². The van der Waals surface area contributed by atoms with Gasteiger partial charge in [0.1, 0.15) is 23.0 Å². The zero-order valence-corrected chi connectivity index (χ0v) is 35.6. The summed E-state index contributed by atoms with van der Waals surface area (Å²) in [6.07, 6.45) is 0. The highest BCUT2D eigenvalue weighted by atomic mass is 32.2. The lowest BCUT2D eigenvalue weighted by atomic mass is 9.28. The summed E-state index contributed by atoms with van der Waals surface area (Å²) in [6.45, 7) is 0.227. The van der Waals surface area contributed by atoms with Crippen LogP contribution in [0, 0.1) is 0 Å². The molecule has 8 aliphatic heterocycles. The molecule has 0 amide bonds. The van der Waals surface area contributed by atoms with Gasteiger partial charge in [-0.1, -0.05) is 150 Å². The first-order valence-electron chi connectivity index (χ1n) is 22.2. The predicted octanol–water partition coefficient (Wildman–Crippen LogP) is 5.09. The van der Waals surface area contributed by atoms with Crippen molar-refractivity contribution in [3.05, 3.63) is 170 Å². The number of fused-ring (bicyclic) bond motifs is 20. The lowest BCUT2D eigenvalue weighted by Gasteiger charge is -2.48. The Hall–Kier alpha value is -6.86. The van der Waals surface area contributed by atoms with E-state index in [0.29, 0.717) is 0 Å². The first kappa shape index (κ1) is 33.7. The zero-order valence-electron chi connectivity index (χ0n) is 34.0. The fraction of sp³-hybridized carbons (Fsp3) is 0. The van der Waals surface area contributed by atoms with Crippen LogP contribution in [0.4, 0.5) is 34.1 Å². The molecule has 0 spiro atoms. The second kappa shape index (κ2) is 11.6. The molecular weight excluding hydrogens is 816 g/mol. The summed E-state index contributed by atoms with van der Waals surface area (Å²) < 4.78 is 14.2. The predicted molar refractivity (Wildman–Crippen MR) is 269 cm³/mol. The van der Waals surface area contributed by atoms with Gasteiger partial charge in [0.15, 0.2) is 0 Å². The number of benzene rings is 9. The molecule has 0 N–H and O–H groups in total. The Balaban J connectivity index is 0.929. The van der Waals surface area contributed by atoms with Gasteiger partial charge in [-0.25, -0.2) is 0 Å². The van der Waals surface area contributed by atoms with Crippen molar-refractivity contribution in [2.75, 3.05) is 9.80 Å². The van der Waals surface area contributed by atoms with E-state index in [9.17, 15) is 0 Å². The first-order valence-corrected chi connectivity index (χ1v) is 23.8. The average molecular weight is 844 g/mol. The quantitative estimate of drug-likeness (QED) is 0.198. The third-order valence-electron chi connectivity index (χ3n) is 15.3. The standard InChI is InChI=1S/C54H28B4N2O2S2/c1-7-19-37-29(13-1)55-33-17-5-11-23-41(33)61-43-26-44-50-53(49(43)55)59(37)39-21-9-3-15-31(39)57(50)35-25-36-46(27-42(35)62-44)64-48-28-47-51-54-52(48)58(36)32-16-4-10-22-40(32)60(54)38-20-8-2-14-30(38)56(51)34-18-6-12-24-45(34)63-47/h1-28H. The lowest BCUT2D eigenvalue weighted by Crippen LogP contribution is -2.69. The molecule has 0 radical (unpaired) electrons. The summed E-state index contributed by atoms with van der Waals surface area (Å²) >= 11 is 3.85. The molecule has 0 unspecified atom stereocenters. The molecule has 17 rings (SSSR count). The van der Waals surface area contributed by atoms with Crippen LogP contribution in [-0.4, -0.2) is 26.9 Å². The molecule has 64 heavy (non-hydrogen) atoms. The second-order valence-corrected chi connectivity index (χ2v) is 20.3. The van der Waals surface area contributed by atoms with Gasteiger partial charge in [0, 0.05) is 59.8 Å². The first-order chi connectivity index (χ1) is 31.8. The van der Waals surface area contributed by atoms with Crippen molar-refractivity contribution in [3.63, 3.8) is 0 Å². The van der Waals surface area contributed by atoms with Gasteiger partial charge < -0.3 is 19.3 Å². The molecule has 4 nitrogen and oxygen atoms in total. The Morgan fingerprint density at radius 3 is 1.34 bits per heavy atom. The van der Waals surface area contributed by atoms with Gasteiger partial charge in [-0.2, -0.15) is 0 Å². The third kappa shape index (κ3) is 3.92. The maximum atomic E-state index is 7.30. The molecule has 290 valence electrons. The molecular formula is C54H28B4N2O2S2. The molecule has 0 atom stereocenters. The molecule has 0 aromatic heterocycles. The van der Waals surface area contributed by atoms with E-state index in [1.807, 2.05) is 23.5 Å². The van der Waals surface area contributed by atoms with E-state index in [1.54, 1.807) is 0 Å². The molecule has 10 heteroatoms. The third-order valence-corrected chi connectivity index (χ3v) is 17.5. The van der Waals surface area contributed by atoms with Gasteiger partial charge in [0.25, 0.3) is 13.4 Å². The monoisotopic (exact) mass is 844 g/mol. The van der Waals surface area contributed by atoms with Crippen LogP contribution in [0.25, 0.3) is 0 Å². The van der Waals surface area contributed by atoms with E-state index in [0.717, 1.165) is 23.0 Å². The molecule has 9 aromatic rings. The largest absolute Gasteiger partial charge is 0.458 e. The van der Waals surface area contributed by atoms with Gasteiger partial charge in [-0.3, -0.25) is 0 Å². The molecule has 9 aromatic carbocycles. The highest BCUT2D eigenvalue weighted by Gasteiger charge is 2.53. The normalized spacial score (nSPS) is 15.4. The smallest absolute Gasteiger partial charge is 0.256 e. The van der Waals surface area contributed by atoms with Gasteiger partial charge >= 0.3 is 0 Å². The summed E-state index contributed by atoms with van der Waals surface area (Å²) in [5, 5.41) is 0. The van der Waals surface area contributed by atoms with Gasteiger partial charge in [0.2, 0.25) is 13.4 Å². The van der Waals surface area contributed by atoms with Crippen molar-refractivity contribution in [2.45, 2.75) is 19.6 Å². The topological polar surface area (TPSA) is 24.9 Å². The number of hydrogen-bond donors (Lipinski definition) is 0. The van der Waals surface area contributed by atoms with Crippen molar-refractivity contribution in [1.29, 1.82) is 0 Å². The van der Waals surface area contributed by atoms with E-state index in [4.69, 9.17) is 9.47 Å². The van der Waals surface area contributed by atoms with E-state index in [1.165, 1.54) is 119 Å². The van der Waals surface area contributed by atoms with E-state index in [2.05, 4.69) is 180 Å². The van der Waals surface area contributed by atoms with E-state index < -0.39 is 0 Å². The second-order valence-electron chi connectivity index (χ2n) is 18.1. The number of hydrogen-bond acceptors (Lipinski definition) is 6. The van der Waals surface area contributed by atoms with Gasteiger partial charge in [0.05, 0.1) is 0 Å². The molecule has 8 aliphatic rings. The number of ether oxygens (including phenoxy) is 2. The SMILES string of the molecule is c1ccc2c(c1)Oc1cc3c4c5c1B2c1ccccc1N5c1ccccc1B4c1cc2c(cc1O3)Sc1cc3c4c5c1B2c1ccccc1N5c1ccccc1B4c1ccccc1S3. The Labute approximate surface area is 379 Å². The molecule has 0 fully saturated rings. The number of anilines is 6. The fourth-order valence-electron chi connectivity index (χ4n) is 13.0. The Bertz CT molecular complexity index is 3490.